The first kappa shape index (κ1) is 14.4. The second-order valence-electron chi connectivity index (χ2n) is 5.84. The summed E-state index contributed by atoms with van der Waals surface area (Å²) in [7, 11) is 0. The number of nitrogens with one attached hydrogen (secondary N) is 1. The van der Waals surface area contributed by atoms with Crippen molar-refractivity contribution in [2.24, 2.45) is 0 Å². The molecule has 23 heavy (non-hydrogen) atoms. The Morgan fingerprint density at radius 1 is 1.52 bits per heavy atom. The third-order valence-electron chi connectivity index (χ3n) is 4.28. The lowest BCUT2D eigenvalue weighted by molar-refractivity contribution is -0.135. The molecule has 2 aliphatic rings. The summed E-state index contributed by atoms with van der Waals surface area (Å²) in [4.78, 5) is 30.1. The van der Waals surface area contributed by atoms with E-state index < -0.39 is 11.9 Å². The van der Waals surface area contributed by atoms with Crippen molar-refractivity contribution in [3.05, 3.63) is 24.1 Å². The van der Waals surface area contributed by atoms with Crippen LogP contribution >= 0.6 is 11.8 Å². The summed E-state index contributed by atoms with van der Waals surface area (Å²) in [5, 5.41) is 6.66. The highest BCUT2D eigenvalue weighted by Gasteiger charge is 2.52. The van der Waals surface area contributed by atoms with Gasteiger partial charge in [0.2, 0.25) is 17.8 Å². The molecule has 2 amide bonds. The van der Waals surface area contributed by atoms with E-state index in [9.17, 15) is 14.0 Å². The molecule has 2 fully saturated rings. The molecule has 9 heteroatoms. The number of rotatable bonds is 2. The molecule has 0 radical (unpaired) electrons. The van der Waals surface area contributed by atoms with Crippen LogP contribution in [0.25, 0.3) is 5.65 Å². The summed E-state index contributed by atoms with van der Waals surface area (Å²) in [6, 6.07) is 2.23. The summed E-state index contributed by atoms with van der Waals surface area (Å²) in [6.07, 6.45) is 2.41. The van der Waals surface area contributed by atoms with Gasteiger partial charge in [-0.25, -0.2) is 8.91 Å². The van der Waals surface area contributed by atoms with Gasteiger partial charge in [-0.2, -0.15) is 4.98 Å². The number of anilines is 1. The molecule has 2 atom stereocenters. The Morgan fingerprint density at radius 2 is 2.35 bits per heavy atom. The fourth-order valence-electron chi connectivity index (χ4n) is 3.12. The molecule has 0 spiro atoms. The number of hydrogen-bond acceptors (Lipinski definition) is 5. The van der Waals surface area contributed by atoms with E-state index in [0.29, 0.717) is 17.8 Å². The number of hydrogen-bond donors (Lipinski definition) is 1. The van der Waals surface area contributed by atoms with Crippen LogP contribution in [0.3, 0.4) is 0 Å². The Labute approximate surface area is 135 Å². The smallest absolute Gasteiger partial charge is 0.250 e. The van der Waals surface area contributed by atoms with Gasteiger partial charge in [0.05, 0.1) is 11.1 Å². The van der Waals surface area contributed by atoms with Crippen LogP contribution in [0.1, 0.15) is 19.8 Å². The van der Waals surface area contributed by atoms with Gasteiger partial charge in [-0.1, -0.05) is 0 Å². The molecule has 0 bridgehead atoms. The lowest BCUT2D eigenvalue weighted by Crippen LogP contribution is -2.48. The number of amides is 2. The van der Waals surface area contributed by atoms with Gasteiger partial charge >= 0.3 is 0 Å². The normalized spacial score (nSPS) is 26.8. The molecule has 4 heterocycles. The predicted octanol–water partition coefficient (Wildman–Crippen LogP) is 1.26. The van der Waals surface area contributed by atoms with Crippen molar-refractivity contribution in [3.63, 3.8) is 0 Å². The highest BCUT2D eigenvalue weighted by molar-refractivity contribution is 8.01. The van der Waals surface area contributed by atoms with Crippen LogP contribution in [0.4, 0.5) is 10.3 Å². The molecular formula is C14H14FN5O2S. The third-order valence-corrected chi connectivity index (χ3v) is 5.78. The monoisotopic (exact) mass is 335 g/mol. The molecule has 2 saturated heterocycles. The molecule has 2 aliphatic heterocycles. The van der Waals surface area contributed by atoms with E-state index >= 15 is 0 Å². The fraction of sp³-hybridized carbons (Fsp3) is 0.429. The first-order valence-corrected chi connectivity index (χ1v) is 8.24. The Morgan fingerprint density at radius 3 is 3.17 bits per heavy atom. The predicted molar refractivity (Wildman–Crippen MR) is 82.3 cm³/mol. The molecular weight excluding hydrogens is 321 g/mol. The molecule has 4 rings (SSSR count). The maximum absolute atomic E-state index is 13.2. The lowest BCUT2D eigenvalue weighted by atomic mass is 10.2. The standard InChI is InChI=1S/C14H14FN5O2S/c1-14-5-4-11(21)20(14)9(7-23-14)12(22)17-13-16-10-3-2-8(15)6-19(10)18-13/h2-3,6,9H,4-5,7H2,1H3,(H,17,18,22)/t9-,14-/m0/s1. The molecule has 0 aromatic carbocycles. The summed E-state index contributed by atoms with van der Waals surface area (Å²) >= 11 is 1.62. The SMILES string of the molecule is C[C@]12CCC(=O)N1[C@H](C(=O)Nc1nc3ccc(F)cn3n1)CS2. The van der Waals surface area contributed by atoms with Gasteiger partial charge < -0.3 is 4.90 Å². The van der Waals surface area contributed by atoms with Crippen molar-refractivity contribution >= 4 is 35.2 Å². The van der Waals surface area contributed by atoms with Gasteiger partial charge in [0, 0.05) is 12.2 Å². The molecule has 0 saturated carbocycles. The first-order valence-electron chi connectivity index (χ1n) is 7.25. The second-order valence-corrected chi connectivity index (χ2v) is 7.34. The number of halogens is 1. The largest absolute Gasteiger partial charge is 0.315 e. The van der Waals surface area contributed by atoms with Gasteiger partial charge in [-0.05, 0) is 25.5 Å². The van der Waals surface area contributed by atoms with Gasteiger partial charge in [-0.15, -0.1) is 16.9 Å². The summed E-state index contributed by atoms with van der Waals surface area (Å²) < 4.78 is 14.4. The molecule has 120 valence electrons. The van der Waals surface area contributed by atoms with E-state index in [-0.39, 0.29) is 22.6 Å². The van der Waals surface area contributed by atoms with Crippen molar-refractivity contribution in [2.45, 2.75) is 30.7 Å². The van der Waals surface area contributed by atoms with Gasteiger partial charge in [0.25, 0.3) is 0 Å². The second kappa shape index (κ2) is 4.92. The van der Waals surface area contributed by atoms with Crippen LogP contribution in [0, 0.1) is 5.82 Å². The minimum atomic E-state index is -0.525. The van der Waals surface area contributed by atoms with E-state index in [2.05, 4.69) is 15.4 Å². The van der Waals surface area contributed by atoms with Crippen LogP contribution in [0.5, 0.6) is 0 Å². The van der Waals surface area contributed by atoms with Crippen LogP contribution in [-0.2, 0) is 9.59 Å². The van der Waals surface area contributed by atoms with Crippen LogP contribution < -0.4 is 5.32 Å². The Balaban J connectivity index is 1.56. The molecule has 2 aromatic heterocycles. The van der Waals surface area contributed by atoms with Gasteiger partial charge in [0.15, 0.2) is 5.65 Å². The quantitative estimate of drug-likeness (QED) is 0.894. The highest BCUT2D eigenvalue weighted by Crippen LogP contribution is 2.47. The Bertz CT molecular complexity index is 825. The number of nitrogens with zero attached hydrogens (tertiary/aromatic N) is 4. The molecule has 1 N–H and O–H groups in total. The molecule has 0 aliphatic carbocycles. The number of thioether (sulfide) groups is 1. The minimum Gasteiger partial charge on any atom is -0.315 e. The van der Waals surface area contributed by atoms with E-state index in [1.165, 1.54) is 22.8 Å². The van der Waals surface area contributed by atoms with E-state index in [0.717, 1.165) is 6.42 Å². The topological polar surface area (TPSA) is 79.6 Å². The number of aromatic nitrogens is 3. The van der Waals surface area contributed by atoms with E-state index in [4.69, 9.17) is 0 Å². The summed E-state index contributed by atoms with van der Waals surface area (Å²) in [5.41, 5.74) is 0.435. The van der Waals surface area contributed by atoms with Crippen molar-refractivity contribution in [1.29, 1.82) is 0 Å². The van der Waals surface area contributed by atoms with Crippen LogP contribution in [0.2, 0.25) is 0 Å². The van der Waals surface area contributed by atoms with Crippen molar-refractivity contribution in [1.82, 2.24) is 19.5 Å². The number of pyridine rings is 1. The van der Waals surface area contributed by atoms with Crippen molar-refractivity contribution < 1.29 is 14.0 Å². The van der Waals surface area contributed by atoms with Crippen molar-refractivity contribution in [3.8, 4) is 0 Å². The number of carbonyl (C=O) groups is 2. The zero-order valence-electron chi connectivity index (χ0n) is 12.3. The Hall–Kier alpha value is -2.16. The molecule has 0 unspecified atom stereocenters. The van der Waals surface area contributed by atoms with E-state index in [1.807, 2.05) is 6.92 Å². The minimum absolute atomic E-state index is 0.00248. The average Bonchev–Trinajstić information content (AvgIpc) is 3.12. The highest BCUT2D eigenvalue weighted by atomic mass is 32.2. The zero-order valence-corrected chi connectivity index (χ0v) is 13.1. The number of fused-ring (bicyclic) bond motifs is 2. The van der Waals surface area contributed by atoms with Crippen molar-refractivity contribution in [2.75, 3.05) is 11.1 Å². The maximum atomic E-state index is 13.2. The summed E-state index contributed by atoms with van der Waals surface area (Å²) in [6.45, 7) is 1.99. The van der Waals surface area contributed by atoms with Gasteiger partial charge in [-0.3, -0.25) is 14.9 Å². The van der Waals surface area contributed by atoms with Crippen LogP contribution in [0.15, 0.2) is 18.3 Å². The van der Waals surface area contributed by atoms with Crippen LogP contribution in [-0.4, -0.2) is 48.0 Å². The number of carbonyl (C=O) groups excluding carboxylic acids is 2. The average molecular weight is 335 g/mol. The molecule has 7 nitrogen and oxygen atoms in total. The fourth-order valence-corrected chi connectivity index (χ4v) is 4.55. The molecule has 2 aromatic rings. The Kier molecular flexibility index (Phi) is 3.09. The maximum Gasteiger partial charge on any atom is 0.250 e. The van der Waals surface area contributed by atoms with Gasteiger partial charge in [0.1, 0.15) is 11.9 Å². The third kappa shape index (κ3) is 2.26. The first-order chi connectivity index (χ1) is 11.0. The zero-order chi connectivity index (χ0) is 16.2. The lowest BCUT2D eigenvalue weighted by Gasteiger charge is -2.29. The van der Waals surface area contributed by atoms with E-state index in [1.54, 1.807) is 16.7 Å². The summed E-state index contributed by atoms with van der Waals surface area (Å²) in [5.74, 6) is -0.0944.